The molecule has 1 rings (SSSR count). The van der Waals surface area contributed by atoms with Gasteiger partial charge in [0.05, 0.1) is 0 Å². The summed E-state index contributed by atoms with van der Waals surface area (Å²) in [5, 5.41) is 11.8. The Balaban J connectivity index is 2.22. The summed E-state index contributed by atoms with van der Waals surface area (Å²) in [5.74, 6) is 1.61. The molecule has 2 N–H and O–H groups in total. The van der Waals surface area contributed by atoms with E-state index in [4.69, 9.17) is 5.11 Å². The summed E-state index contributed by atoms with van der Waals surface area (Å²) in [4.78, 5) is 11.6. The maximum atomic E-state index is 11.6. The number of aliphatic hydroxyl groups is 1. The molecule has 3 nitrogen and oxygen atoms in total. The molecular formula is C13H25NO2. The Labute approximate surface area is 98.6 Å². The number of carbonyl (C=O) groups excluding carboxylic acids is 1. The molecule has 0 heterocycles. The molecule has 1 amide bonds. The van der Waals surface area contributed by atoms with Gasteiger partial charge in [0, 0.05) is 19.1 Å². The molecule has 2 atom stereocenters. The van der Waals surface area contributed by atoms with Gasteiger partial charge in [0.15, 0.2) is 0 Å². The second-order valence-corrected chi connectivity index (χ2v) is 5.36. The summed E-state index contributed by atoms with van der Waals surface area (Å²) in [5.41, 5.74) is 0. The third kappa shape index (κ3) is 4.97. The van der Waals surface area contributed by atoms with Gasteiger partial charge in [-0.05, 0) is 43.9 Å². The monoisotopic (exact) mass is 227 g/mol. The second-order valence-electron chi connectivity index (χ2n) is 5.36. The number of hydrogen-bond donors (Lipinski definition) is 2. The minimum Gasteiger partial charge on any atom is -0.396 e. The summed E-state index contributed by atoms with van der Waals surface area (Å²) < 4.78 is 0. The lowest BCUT2D eigenvalue weighted by Crippen LogP contribution is -2.39. The minimum atomic E-state index is 0.153. The minimum absolute atomic E-state index is 0.153. The zero-order chi connectivity index (χ0) is 12.0. The van der Waals surface area contributed by atoms with E-state index in [-0.39, 0.29) is 12.5 Å². The molecule has 0 aliphatic heterocycles. The number of rotatable bonds is 5. The Morgan fingerprint density at radius 2 is 1.81 bits per heavy atom. The first-order valence-corrected chi connectivity index (χ1v) is 6.52. The fourth-order valence-corrected chi connectivity index (χ4v) is 2.76. The number of aliphatic hydroxyl groups excluding tert-OH is 1. The summed E-state index contributed by atoms with van der Waals surface area (Å²) in [6.45, 7) is 4.71. The predicted molar refractivity (Wildman–Crippen MR) is 65.0 cm³/mol. The van der Waals surface area contributed by atoms with Crippen LogP contribution in [0.3, 0.4) is 0 Å². The quantitative estimate of drug-likeness (QED) is 0.707. The van der Waals surface area contributed by atoms with Crippen molar-refractivity contribution in [3.8, 4) is 0 Å². The number of unbranched alkanes of at least 4 members (excludes halogenated alkanes) is 1. The molecule has 3 heteroatoms. The van der Waals surface area contributed by atoms with E-state index in [0.717, 1.165) is 37.5 Å². The van der Waals surface area contributed by atoms with Crippen LogP contribution in [0.25, 0.3) is 0 Å². The van der Waals surface area contributed by atoms with E-state index in [1.807, 2.05) is 0 Å². The molecule has 1 aliphatic rings. The van der Waals surface area contributed by atoms with Crippen LogP contribution in [-0.4, -0.2) is 23.7 Å². The van der Waals surface area contributed by atoms with Gasteiger partial charge >= 0.3 is 0 Å². The van der Waals surface area contributed by atoms with Gasteiger partial charge in [-0.2, -0.15) is 0 Å². The van der Waals surface area contributed by atoms with E-state index in [9.17, 15) is 4.79 Å². The van der Waals surface area contributed by atoms with E-state index in [1.54, 1.807) is 0 Å². The molecule has 0 radical (unpaired) electrons. The number of hydrogen-bond acceptors (Lipinski definition) is 2. The maximum Gasteiger partial charge on any atom is 0.220 e. The number of carbonyl (C=O) groups is 1. The molecule has 0 aromatic carbocycles. The van der Waals surface area contributed by atoms with E-state index >= 15 is 0 Å². The van der Waals surface area contributed by atoms with Crippen molar-refractivity contribution in [2.24, 2.45) is 11.8 Å². The van der Waals surface area contributed by atoms with Crippen LogP contribution in [0.15, 0.2) is 0 Å². The highest BCUT2D eigenvalue weighted by atomic mass is 16.2. The molecule has 16 heavy (non-hydrogen) atoms. The van der Waals surface area contributed by atoms with E-state index in [1.165, 1.54) is 6.42 Å². The third-order valence-corrected chi connectivity index (χ3v) is 3.36. The van der Waals surface area contributed by atoms with Crippen molar-refractivity contribution in [2.75, 3.05) is 6.61 Å². The molecule has 0 aromatic rings. The molecule has 0 bridgehead atoms. The number of amides is 1. The van der Waals surface area contributed by atoms with Gasteiger partial charge in [0.2, 0.25) is 5.91 Å². The Hall–Kier alpha value is -0.570. The first-order chi connectivity index (χ1) is 7.61. The smallest absolute Gasteiger partial charge is 0.220 e. The molecule has 0 spiro atoms. The largest absolute Gasteiger partial charge is 0.396 e. The normalized spacial score (nSPS) is 30.1. The van der Waals surface area contributed by atoms with E-state index in [2.05, 4.69) is 19.2 Å². The molecule has 1 saturated carbocycles. The Bertz CT molecular complexity index is 208. The van der Waals surface area contributed by atoms with Crippen molar-refractivity contribution >= 4 is 5.91 Å². The van der Waals surface area contributed by atoms with Gasteiger partial charge in [-0.1, -0.05) is 13.8 Å². The van der Waals surface area contributed by atoms with Crippen LogP contribution in [0.1, 0.15) is 52.4 Å². The highest BCUT2D eigenvalue weighted by Crippen LogP contribution is 2.28. The molecule has 0 saturated heterocycles. The molecule has 0 aromatic heterocycles. The molecule has 1 aliphatic carbocycles. The van der Waals surface area contributed by atoms with Crippen molar-refractivity contribution in [2.45, 2.75) is 58.4 Å². The van der Waals surface area contributed by atoms with E-state index in [0.29, 0.717) is 12.5 Å². The van der Waals surface area contributed by atoms with Crippen LogP contribution in [0, 0.1) is 11.8 Å². The highest BCUT2D eigenvalue weighted by molar-refractivity contribution is 5.76. The SMILES string of the molecule is CC1CC(C)CC(NC(=O)CCCCO)C1. The average molecular weight is 227 g/mol. The van der Waals surface area contributed by atoms with Gasteiger partial charge in [-0.3, -0.25) is 4.79 Å². The van der Waals surface area contributed by atoms with Crippen molar-refractivity contribution in [3.63, 3.8) is 0 Å². The Morgan fingerprint density at radius 3 is 2.38 bits per heavy atom. The lowest BCUT2D eigenvalue weighted by molar-refractivity contribution is -0.122. The molecule has 1 fully saturated rings. The lowest BCUT2D eigenvalue weighted by atomic mass is 9.80. The lowest BCUT2D eigenvalue weighted by Gasteiger charge is -2.32. The first-order valence-electron chi connectivity index (χ1n) is 6.52. The van der Waals surface area contributed by atoms with Crippen LogP contribution >= 0.6 is 0 Å². The predicted octanol–water partition coefficient (Wildman–Crippen LogP) is 2.09. The fraction of sp³-hybridized carbons (Fsp3) is 0.923. The molecular weight excluding hydrogens is 202 g/mol. The van der Waals surface area contributed by atoms with Crippen LogP contribution < -0.4 is 5.32 Å². The second kappa shape index (κ2) is 6.89. The summed E-state index contributed by atoms with van der Waals surface area (Å²) in [6.07, 6.45) is 5.61. The third-order valence-electron chi connectivity index (χ3n) is 3.36. The Morgan fingerprint density at radius 1 is 1.19 bits per heavy atom. The topological polar surface area (TPSA) is 49.3 Å². The summed E-state index contributed by atoms with van der Waals surface area (Å²) >= 11 is 0. The average Bonchev–Trinajstić information content (AvgIpc) is 2.16. The number of nitrogens with one attached hydrogen (secondary N) is 1. The van der Waals surface area contributed by atoms with Crippen molar-refractivity contribution in [3.05, 3.63) is 0 Å². The Kier molecular flexibility index (Phi) is 5.81. The first kappa shape index (κ1) is 13.5. The maximum absolute atomic E-state index is 11.6. The van der Waals surface area contributed by atoms with Crippen molar-refractivity contribution in [1.82, 2.24) is 5.32 Å². The van der Waals surface area contributed by atoms with Crippen LogP contribution in [0.2, 0.25) is 0 Å². The zero-order valence-electron chi connectivity index (χ0n) is 10.5. The van der Waals surface area contributed by atoms with Gasteiger partial charge in [-0.15, -0.1) is 0 Å². The van der Waals surface area contributed by atoms with Crippen LogP contribution in [0.4, 0.5) is 0 Å². The summed E-state index contributed by atoms with van der Waals surface area (Å²) in [7, 11) is 0. The van der Waals surface area contributed by atoms with Crippen molar-refractivity contribution < 1.29 is 9.90 Å². The van der Waals surface area contributed by atoms with Gasteiger partial charge < -0.3 is 10.4 Å². The zero-order valence-corrected chi connectivity index (χ0v) is 10.5. The van der Waals surface area contributed by atoms with Gasteiger partial charge in [-0.25, -0.2) is 0 Å². The molecule has 2 unspecified atom stereocenters. The standard InChI is InChI=1S/C13H25NO2/c1-10-7-11(2)9-12(8-10)14-13(16)5-3-4-6-15/h10-12,15H,3-9H2,1-2H3,(H,14,16). The van der Waals surface area contributed by atoms with Gasteiger partial charge in [0.1, 0.15) is 0 Å². The highest BCUT2D eigenvalue weighted by Gasteiger charge is 2.24. The van der Waals surface area contributed by atoms with Crippen LogP contribution in [-0.2, 0) is 4.79 Å². The fourth-order valence-electron chi connectivity index (χ4n) is 2.76. The summed E-state index contributed by atoms with van der Waals surface area (Å²) in [6, 6.07) is 0.375. The van der Waals surface area contributed by atoms with Crippen LogP contribution in [0.5, 0.6) is 0 Å². The van der Waals surface area contributed by atoms with Crippen molar-refractivity contribution in [1.29, 1.82) is 0 Å². The molecule has 94 valence electrons. The van der Waals surface area contributed by atoms with E-state index < -0.39 is 0 Å². The van der Waals surface area contributed by atoms with Gasteiger partial charge in [0.25, 0.3) is 0 Å².